The summed E-state index contributed by atoms with van der Waals surface area (Å²) in [6.07, 6.45) is 0. The summed E-state index contributed by atoms with van der Waals surface area (Å²) < 4.78 is 0. The summed E-state index contributed by atoms with van der Waals surface area (Å²) in [5.41, 5.74) is 9.48. The average molecular weight is 301 g/mol. The van der Waals surface area contributed by atoms with Crippen molar-refractivity contribution in [3.05, 3.63) is 53.1 Å². The molecule has 108 valence electrons. The average Bonchev–Trinajstić information content (AvgIpc) is 2.47. The number of amidine groups is 1. The summed E-state index contributed by atoms with van der Waals surface area (Å²) in [5.74, 6) is -0.00896. The van der Waals surface area contributed by atoms with Gasteiger partial charge >= 0.3 is 0 Å². The van der Waals surface area contributed by atoms with E-state index in [0.29, 0.717) is 10.6 Å². The van der Waals surface area contributed by atoms with Crippen molar-refractivity contribution in [3.8, 4) is 0 Å². The van der Waals surface area contributed by atoms with Gasteiger partial charge in [0.05, 0.1) is 16.4 Å². The topological polar surface area (TPSA) is 56.4 Å². The minimum atomic E-state index is -0.00896. The van der Waals surface area contributed by atoms with Crippen LogP contribution < -0.4 is 15.5 Å². The molecule has 5 heteroatoms. The molecule has 3 N–H and O–H groups in total. The molecule has 0 unspecified atom stereocenters. The zero-order valence-electron chi connectivity index (χ0n) is 11.8. The Hall–Kier alpha value is -2.20. The lowest BCUT2D eigenvalue weighted by Gasteiger charge is -2.37. The number of nitrogen functional groups attached to an aromatic ring is 1. The summed E-state index contributed by atoms with van der Waals surface area (Å²) in [4.78, 5) is 4.49. The summed E-state index contributed by atoms with van der Waals surface area (Å²) in [5, 5.41) is 8.02. The molecule has 2 aromatic rings. The second-order valence-electron chi connectivity index (χ2n) is 5.14. The number of hydrogen-bond acceptors (Lipinski definition) is 3. The quantitative estimate of drug-likeness (QED) is 0.661. The van der Waals surface area contributed by atoms with Crippen molar-refractivity contribution in [2.75, 3.05) is 29.9 Å². The number of hydrogen-bond donors (Lipinski definition) is 2. The minimum absolute atomic E-state index is 0.00896. The number of nitrogens with one attached hydrogen (secondary N) is 1. The molecule has 0 radical (unpaired) electrons. The van der Waals surface area contributed by atoms with Gasteiger partial charge in [-0.25, -0.2) is 0 Å². The van der Waals surface area contributed by atoms with E-state index in [2.05, 4.69) is 29.0 Å². The van der Waals surface area contributed by atoms with Crippen LogP contribution in [0.1, 0.15) is 5.56 Å². The molecule has 21 heavy (non-hydrogen) atoms. The van der Waals surface area contributed by atoms with Crippen LogP contribution in [0, 0.1) is 5.41 Å². The summed E-state index contributed by atoms with van der Waals surface area (Å²) in [6.45, 7) is 1.84. The third-order valence-electron chi connectivity index (χ3n) is 3.80. The maximum absolute atomic E-state index is 7.51. The van der Waals surface area contributed by atoms with Gasteiger partial charge in [0.25, 0.3) is 0 Å². The molecule has 0 saturated carbocycles. The predicted octanol–water partition coefficient (Wildman–Crippen LogP) is 3.21. The van der Waals surface area contributed by atoms with Crippen molar-refractivity contribution in [3.63, 3.8) is 0 Å². The van der Waals surface area contributed by atoms with Crippen LogP contribution in [0.25, 0.3) is 0 Å². The fourth-order valence-corrected chi connectivity index (χ4v) is 2.94. The van der Waals surface area contributed by atoms with Crippen LogP contribution in [0.15, 0.2) is 42.5 Å². The number of anilines is 3. The third-order valence-corrected chi connectivity index (χ3v) is 4.11. The summed E-state index contributed by atoms with van der Waals surface area (Å²) in [7, 11) is 2.10. The highest BCUT2D eigenvalue weighted by atomic mass is 35.5. The Morgan fingerprint density at radius 3 is 2.52 bits per heavy atom. The van der Waals surface area contributed by atoms with Gasteiger partial charge in [0.1, 0.15) is 5.84 Å². The molecule has 1 aliphatic heterocycles. The van der Waals surface area contributed by atoms with Crippen LogP contribution in [-0.4, -0.2) is 26.0 Å². The first-order valence-electron chi connectivity index (χ1n) is 6.79. The van der Waals surface area contributed by atoms with Gasteiger partial charge in [-0.1, -0.05) is 23.7 Å². The van der Waals surface area contributed by atoms with E-state index < -0.39 is 0 Å². The van der Waals surface area contributed by atoms with Gasteiger partial charge in [0.15, 0.2) is 0 Å². The van der Waals surface area contributed by atoms with Gasteiger partial charge in [0, 0.05) is 31.4 Å². The zero-order chi connectivity index (χ0) is 15.0. The van der Waals surface area contributed by atoms with Crippen molar-refractivity contribution in [1.82, 2.24) is 0 Å². The number of para-hydroxylation sites is 2. The molecule has 0 aromatic heterocycles. The van der Waals surface area contributed by atoms with Gasteiger partial charge in [-0.3, -0.25) is 5.41 Å². The Morgan fingerprint density at radius 1 is 1.14 bits per heavy atom. The van der Waals surface area contributed by atoms with Crippen molar-refractivity contribution < 1.29 is 0 Å². The van der Waals surface area contributed by atoms with Crippen LogP contribution in [0.3, 0.4) is 0 Å². The Kier molecular flexibility index (Phi) is 3.47. The van der Waals surface area contributed by atoms with Crippen LogP contribution in [0.5, 0.6) is 0 Å². The first kappa shape index (κ1) is 13.8. The molecule has 2 aromatic carbocycles. The number of likely N-dealkylation sites (N-methyl/N-ethyl adjacent to an activating group) is 1. The Bertz CT molecular complexity index is 698. The second-order valence-corrected chi connectivity index (χ2v) is 5.55. The van der Waals surface area contributed by atoms with Gasteiger partial charge in [-0.15, -0.1) is 0 Å². The molecule has 0 aliphatic carbocycles. The van der Waals surface area contributed by atoms with E-state index in [0.717, 1.165) is 24.5 Å². The van der Waals surface area contributed by atoms with Crippen molar-refractivity contribution in [1.29, 1.82) is 5.41 Å². The van der Waals surface area contributed by atoms with E-state index in [1.165, 1.54) is 5.69 Å². The first-order chi connectivity index (χ1) is 10.1. The van der Waals surface area contributed by atoms with E-state index in [9.17, 15) is 0 Å². The van der Waals surface area contributed by atoms with Crippen molar-refractivity contribution >= 4 is 34.5 Å². The van der Waals surface area contributed by atoms with Crippen LogP contribution >= 0.6 is 11.6 Å². The zero-order valence-corrected chi connectivity index (χ0v) is 12.6. The van der Waals surface area contributed by atoms with Crippen LogP contribution in [0.4, 0.5) is 17.1 Å². The van der Waals surface area contributed by atoms with Crippen LogP contribution in [0.2, 0.25) is 5.02 Å². The summed E-state index contributed by atoms with van der Waals surface area (Å²) in [6, 6.07) is 14.0. The van der Waals surface area contributed by atoms with Crippen LogP contribution in [-0.2, 0) is 0 Å². The molecule has 0 bridgehead atoms. The fourth-order valence-electron chi connectivity index (χ4n) is 2.66. The molecular formula is C16H17ClN4. The second kappa shape index (κ2) is 5.30. The maximum Gasteiger partial charge on any atom is 0.124 e. The molecule has 0 atom stereocenters. The van der Waals surface area contributed by atoms with E-state index in [1.54, 1.807) is 6.07 Å². The molecule has 3 rings (SSSR count). The SMILES string of the molecule is CN1CCN(c2ccc(C(=N)N)c(Cl)c2)c2ccccc21. The standard InChI is InChI=1S/C16H17ClN4/c1-20-8-9-21(15-5-3-2-4-14(15)20)11-6-7-12(16(18)19)13(17)10-11/h2-7,10H,8-9H2,1H3,(H3,18,19). The number of rotatable bonds is 2. The van der Waals surface area contributed by atoms with Gasteiger partial charge < -0.3 is 15.5 Å². The number of fused-ring (bicyclic) bond motifs is 1. The van der Waals surface area contributed by atoms with E-state index in [1.807, 2.05) is 24.3 Å². The Balaban J connectivity index is 2.04. The number of nitrogens with two attached hydrogens (primary N) is 1. The molecule has 0 saturated heterocycles. The smallest absolute Gasteiger partial charge is 0.124 e. The molecule has 1 heterocycles. The number of benzene rings is 2. The molecular weight excluding hydrogens is 284 g/mol. The Labute approximate surface area is 129 Å². The fraction of sp³-hybridized carbons (Fsp3) is 0.188. The van der Waals surface area contributed by atoms with Gasteiger partial charge in [-0.2, -0.15) is 0 Å². The van der Waals surface area contributed by atoms with Crippen molar-refractivity contribution in [2.24, 2.45) is 5.73 Å². The Morgan fingerprint density at radius 2 is 1.86 bits per heavy atom. The molecule has 0 spiro atoms. The lowest BCUT2D eigenvalue weighted by Crippen LogP contribution is -2.36. The monoisotopic (exact) mass is 300 g/mol. The highest BCUT2D eigenvalue weighted by Crippen LogP contribution is 2.37. The molecule has 1 aliphatic rings. The highest BCUT2D eigenvalue weighted by Gasteiger charge is 2.21. The maximum atomic E-state index is 7.51. The van der Waals surface area contributed by atoms with Gasteiger partial charge in [-0.05, 0) is 30.3 Å². The van der Waals surface area contributed by atoms with Gasteiger partial charge in [0.2, 0.25) is 0 Å². The molecule has 0 fully saturated rings. The molecule has 4 nitrogen and oxygen atoms in total. The lowest BCUT2D eigenvalue weighted by molar-refractivity contribution is 0.822. The third kappa shape index (κ3) is 2.43. The number of nitrogens with zero attached hydrogens (tertiary/aromatic N) is 2. The van der Waals surface area contributed by atoms with E-state index in [-0.39, 0.29) is 5.84 Å². The van der Waals surface area contributed by atoms with E-state index >= 15 is 0 Å². The predicted molar refractivity (Wildman–Crippen MR) is 89.2 cm³/mol. The molecule has 0 amide bonds. The van der Waals surface area contributed by atoms with E-state index in [4.69, 9.17) is 22.7 Å². The lowest BCUT2D eigenvalue weighted by atomic mass is 10.1. The summed E-state index contributed by atoms with van der Waals surface area (Å²) >= 11 is 6.24. The number of halogens is 1. The highest BCUT2D eigenvalue weighted by molar-refractivity contribution is 6.34. The minimum Gasteiger partial charge on any atom is -0.384 e. The van der Waals surface area contributed by atoms with Crippen molar-refractivity contribution in [2.45, 2.75) is 0 Å². The normalized spacial score (nSPS) is 14.0. The largest absolute Gasteiger partial charge is 0.384 e. The first-order valence-corrected chi connectivity index (χ1v) is 7.17.